The summed E-state index contributed by atoms with van der Waals surface area (Å²) in [5, 5.41) is 0.776. The number of likely N-dealkylation sites (tertiary alicyclic amines) is 1. The molecule has 1 saturated heterocycles. The van der Waals surface area contributed by atoms with Crippen LogP contribution in [0.25, 0.3) is 0 Å². The van der Waals surface area contributed by atoms with Gasteiger partial charge in [0.15, 0.2) is 0 Å². The number of piperidine rings is 1. The molecule has 0 N–H and O–H groups in total. The van der Waals surface area contributed by atoms with Gasteiger partial charge in [-0.05, 0) is 63.6 Å². The first kappa shape index (κ1) is 16.2. The van der Waals surface area contributed by atoms with E-state index in [9.17, 15) is 4.79 Å². The number of benzene rings is 1. The predicted octanol–water partition coefficient (Wildman–Crippen LogP) is 4.53. The van der Waals surface area contributed by atoms with Gasteiger partial charge in [-0.15, -0.1) is 0 Å². The normalized spacial score (nSPS) is 16.9. The Bertz CT molecular complexity index is 471. The minimum Gasteiger partial charge on any atom is -0.444 e. The molecule has 0 spiro atoms. The quantitative estimate of drug-likeness (QED) is 0.803. The van der Waals surface area contributed by atoms with Crippen molar-refractivity contribution < 1.29 is 9.53 Å². The van der Waals surface area contributed by atoms with Gasteiger partial charge in [0.1, 0.15) is 5.60 Å². The van der Waals surface area contributed by atoms with E-state index in [0.29, 0.717) is 5.92 Å². The van der Waals surface area contributed by atoms with Crippen molar-refractivity contribution in [3.63, 3.8) is 0 Å². The smallest absolute Gasteiger partial charge is 0.410 e. The standard InChI is InChI=1S/C17H24ClNO2/c1-17(2,3)21-16(20)19-10-8-14(9-11-19)12-13-4-6-15(18)7-5-13/h4-7,14H,8-12H2,1-3H3. The second-order valence-corrected chi connectivity index (χ2v) is 7.18. The molecule has 1 aliphatic heterocycles. The molecule has 116 valence electrons. The zero-order valence-corrected chi connectivity index (χ0v) is 13.8. The molecule has 4 heteroatoms. The molecule has 1 fully saturated rings. The van der Waals surface area contributed by atoms with E-state index in [-0.39, 0.29) is 6.09 Å². The molecule has 21 heavy (non-hydrogen) atoms. The summed E-state index contributed by atoms with van der Waals surface area (Å²) in [4.78, 5) is 13.8. The number of ether oxygens (including phenoxy) is 1. The van der Waals surface area contributed by atoms with Gasteiger partial charge in [-0.25, -0.2) is 4.79 Å². The summed E-state index contributed by atoms with van der Waals surface area (Å²) in [6, 6.07) is 8.05. The fraction of sp³-hybridized carbons (Fsp3) is 0.588. The van der Waals surface area contributed by atoms with Crippen LogP contribution < -0.4 is 0 Å². The van der Waals surface area contributed by atoms with Crippen molar-refractivity contribution in [1.29, 1.82) is 0 Å². The lowest BCUT2D eigenvalue weighted by Gasteiger charge is -2.33. The summed E-state index contributed by atoms with van der Waals surface area (Å²) < 4.78 is 5.42. The number of carbonyl (C=O) groups excluding carboxylic acids is 1. The Morgan fingerprint density at radius 3 is 2.33 bits per heavy atom. The van der Waals surface area contributed by atoms with E-state index >= 15 is 0 Å². The number of nitrogens with zero attached hydrogens (tertiary/aromatic N) is 1. The van der Waals surface area contributed by atoms with E-state index in [0.717, 1.165) is 37.4 Å². The lowest BCUT2D eigenvalue weighted by molar-refractivity contribution is 0.0184. The third-order valence-corrected chi connectivity index (χ3v) is 3.96. The van der Waals surface area contributed by atoms with E-state index in [2.05, 4.69) is 12.1 Å². The number of rotatable bonds is 2. The van der Waals surface area contributed by atoms with Crippen LogP contribution in [0.4, 0.5) is 4.79 Å². The Morgan fingerprint density at radius 2 is 1.81 bits per heavy atom. The van der Waals surface area contributed by atoms with Crippen LogP contribution in [0.1, 0.15) is 39.2 Å². The van der Waals surface area contributed by atoms with Crippen molar-refractivity contribution in [3.8, 4) is 0 Å². The third kappa shape index (κ3) is 5.24. The topological polar surface area (TPSA) is 29.5 Å². The highest BCUT2D eigenvalue weighted by Gasteiger charge is 2.26. The van der Waals surface area contributed by atoms with Gasteiger partial charge in [0.25, 0.3) is 0 Å². The number of hydrogen-bond acceptors (Lipinski definition) is 2. The summed E-state index contributed by atoms with van der Waals surface area (Å²) in [5.41, 5.74) is 0.896. The summed E-state index contributed by atoms with van der Waals surface area (Å²) in [6.07, 6.45) is 2.93. The zero-order chi connectivity index (χ0) is 15.5. The molecule has 0 unspecified atom stereocenters. The fourth-order valence-corrected chi connectivity index (χ4v) is 2.73. The lowest BCUT2D eigenvalue weighted by atomic mass is 9.90. The Hall–Kier alpha value is -1.22. The number of hydrogen-bond donors (Lipinski definition) is 0. The Kier molecular flexibility index (Phi) is 5.15. The van der Waals surface area contributed by atoms with Gasteiger partial charge in [0.05, 0.1) is 0 Å². The molecule has 1 heterocycles. The van der Waals surface area contributed by atoms with Gasteiger partial charge in [0, 0.05) is 18.1 Å². The Labute approximate surface area is 132 Å². The SMILES string of the molecule is CC(C)(C)OC(=O)N1CCC(Cc2ccc(Cl)cc2)CC1. The fourth-order valence-electron chi connectivity index (χ4n) is 2.60. The van der Waals surface area contributed by atoms with Gasteiger partial charge in [0.2, 0.25) is 0 Å². The van der Waals surface area contributed by atoms with E-state index in [1.165, 1.54) is 5.56 Å². The number of carbonyl (C=O) groups is 1. The van der Waals surface area contributed by atoms with Gasteiger partial charge in [-0.1, -0.05) is 23.7 Å². The average Bonchev–Trinajstić information content (AvgIpc) is 2.40. The third-order valence-electron chi connectivity index (χ3n) is 3.70. The Morgan fingerprint density at radius 1 is 1.24 bits per heavy atom. The van der Waals surface area contributed by atoms with Crippen LogP contribution in [0.15, 0.2) is 24.3 Å². The monoisotopic (exact) mass is 309 g/mol. The van der Waals surface area contributed by atoms with Crippen molar-refractivity contribution in [2.45, 2.75) is 45.6 Å². The van der Waals surface area contributed by atoms with Crippen LogP contribution in [0.2, 0.25) is 5.02 Å². The molecule has 1 aromatic rings. The number of amides is 1. The van der Waals surface area contributed by atoms with Gasteiger partial charge < -0.3 is 9.64 Å². The van der Waals surface area contributed by atoms with Crippen LogP contribution in [-0.4, -0.2) is 29.7 Å². The van der Waals surface area contributed by atoms with Crippen LogP contribution in [0.3, 0.4) is 0 Å². The lowest BCUT2D eigenvalue weighted by Crippen LogP contribution is -2.42. The molecule has 1 amide bonds. The van der Waals surface area contributed by atoms with Gasteiger partial charge in [-0.2, -0.15) is 0 Å². The molecule has 1 aliphatic rings. The van der Waals surface area contributed by atoms with Crippen molar-refractivity contribution in [1.82, 2.24) is 4.90 Å². The first-order chi connectivity index (χ1) is 9.83. The molecular formula is C17H24ClNO2. The molecule has 0 saturated carbocycles. The van der Waals surface area contributed by atoms with Gasteiger partial charge >= 0.3 is 6.09 Å². The van der Waals surface area contributed by atoms with Crippen LogP contribution >= 0.6 is 11.6 Å². The maximum atomic E-state index is 12.0. The molecular weight excluding hydrogens is 286 g/mol. The van der Waals surface area contributed by atoms with Crippen molar-refractivity contribution in [2.75, 3.05) is 13.1 Å². The molecule has 1 aromatic carbocycles. The molecule has 0 aromatic heterocycles. The summed E-state index contributed by atoms with van der Waals surface area (Å²) >= 11 is 5.90. The first-order valence-electron chi connectivity index (χ1n) is 7.56. The van der Waals surface area contributed by atoms with Crippen molar-refractivity contribution in [2.24, 2.45) is 5.92 Å². The predicted molar refractivity (Wildman–Crippen MR) is 85.7 cm³/mol. The average molecular weight is 310 g/mol. The second kappa shape index (κ2) is 6.69. The molecule has 0 radical (unpaired) electrons. The summed E-state index contributed by atoms with van der Waals surface area (Å²) in [5.74, 6) is 0.630. The molecule has 0 bridgehead atoms. The molecule has 2 rings (SSSR count). The highest BCUT2D eigenvalue weighted by atomic mass is 35.5. The second-order valence-electron chi connectivity index (χ2n) is 6.74. The van der Waals surface area contributed by atoms with E-state index in [4.69, 9.17) is 16.3 Å². The largest absolute Gasteiger partial charge is 0.444 e. The summed E-state index contributed by atoms with van der Waals surface area (Å²) in [6.45, 7) is 7.27. The summed E-state index contributed by atoms with van der Waals surface area (Å²) in [7, 11) is 0. The van der Waals surface area contributed by atoms with Crippen molar-refractivity contribution in [3.05, 3.63) is 34.9 Å². The molecule has 0 aliphatic carbocycles. The van der Waals surface area contributed by atoms with Gasteiger partial charge in [-0.3, -0.25) is 0 Å². The Balaban J connectivity index is 1.80. The van der Waals surface area contributed by atoms with E-state index in [1.54, 1.807) is 0 Å². The minimum absolute atomic E-state index is 0.188. The first-order valence-corrected chi connectivity index (χ1v) is 7.94. The van der Waals surface area contributed by atoms with Crippen LogP contribution in [0, 0.1) is 5.92 Å². The van der Waals surface area contributed by atoms with Crippen LogP contribution in [0.5, 0.6) is 0 Å². The maximum Gasteiger partial charge on any atom is 0.410 e. The number of halogens is 1. The van der Waals surface area contributed by atoms with E-state index < -0.39 is 5.60 Å². The zero-order valence-electron chi connectivity index (χ0n) is 13.1. The van der Waals surface area contributed by atoms with Crippen LogP contribution in [-0.2, 0) is 11.2 Å². The maximum absolute atomic E-state index is 12.0. The molecule has 3 nitrogen and oxygen atoms in total. The highest BCUT2D eigenvalue weighted by molar-refractivity contribution is 6.30. The van der Waals surface area contributed by atoms with Crippen molar-refractivity contribution >= 4 is 17.7 Å². The molecule has 0 atom stereocenters. The minimum atomic E-state index is -0.419. The van der Waals surface area contributed by atoms with E-state index in [1.807, 2.05) is 37.8 Å². The highest BCUT2D eigenvalue weighted by Crippen LogP contribution is 2.23.